The van der Waals surface area contributed by atoms with Crippen molar-refractivity contribution in [1.29, 1.82) is 0 Å². The Kier molecular flexibility index (Phi) is 6.90. The fourth-order valence-corrected chi connectivity index (χ4v) is 5.34. The third-order valence-electron chi connectivity index (χ3n) is 6.99. The lowest BCUT2D eigenvalue weighted by Gasteiger charge is -2.30. The van der Waals surface area contributed by atoms with E-state index >= 15 is 0 Å². The SMILES string of the molecule is CCCn1c(N)c(N(Cc2ccccc2[N+](=O)[O-])C(=O)[C@H]2C[C@H]3C=C[C@@H]2C3)c(=O)n(CCC)c1=O. The van der Waals surface area contributed by atoms with Crippen molar-refractivity contribution in [3.63, 3.8) is 0 Å². The predicted octanol–water partition coefficient (Wildman–Crippen LogP) is 3.07. The summed E-state index contributed by atoms with van der Waals surface area (Å²) in [5.41, 5.74) is 5.31. The molecule has 2 aromatic rings. The van der Waals surface area contributed by atoms with Gasteiger partial charge in [-0.15, -0.1) is 0 Å². The summed E-state index contributed by atoms with van der Waals surface area (Å²) < 4.78 is 2.44. The molecule has 0 spiro atoms. The highest BCUT2D eigenvalue weighted by Crippen LogP contribution is 2.45. The average Bonchev–Trinajstić information content (AvgIpc) is 3.47. The van der Waals surface area contributed by atoms with Gasteiger partial charge in [0.25, 0.3) is 11.2 Å². The Morgan fingerprint density at radius 3 is 2.40 bits per heavy atom. The number of hydrogen-bond donors (Lipinski definition) is 1. The van der Waals surface area contributed by atoms with Crippen LogP contribution in [0.1, 0.15) is 45.1 Å². The van der Waals surface area contributed by atoms with E-state index in [0.717, 1.165) is 11.0 Å². The summed E-state index contributed by atoms with van der Waals surface area (Å²) in [7, 11) is 0. The normalized spacial score (nSPS) is 20.3. The van der Waals surface area contributed by atoms with Crippen molar-refractivity contribution >= 4 is 23.1 Å². The number of allylic oxidation sites excluding steroid dienone is 2. The molecule has 2 aliphatic carbocycles. The van der Waals surface area contributed by atoms with Gasteiger partial charge in [-0.2, -0.15) is 0 Å². The molecule has 0 radical (unpaired) electrons. The monoisotopic (exact) mass is 481 g/mol. The van der Waals surface area contributed by atoms with Gasteiger partial charge in [-0.1, -0.05) is 44.2 Å². The molecule has 3 atom stereocenters. The van der Waals surface area contributed by atoms with Gasteiger partial charge >= 0.3 is 5.69 Å². The van der Waals surface area contributed by atoms with E-state index in [4.69, 9.17) is 5.73 Å². The number of fused-ring (bicyclic) bond motifs is 2. The smallest absolute Gasteiger partial charge is 0.332 e. The zero-order valence-corrected chi connectivity index (χ0v) is 20.1. The minimum absolute atomic E-state index is 0.0568. The van der Waals surface area contributed by atoms with Gasteiger partial charge in [-0.3, -0.25) is 33.7 Å². The number of nitrogens with zero attached hydrogens (tertiary/aromatic N) is 4. The second-order valence-electron chi connectivity index (χ2n) is 9.32. The molecule has 1 amide bonds. The first-order valence-corrected chi connectivity index (χ1v) is 12.1. The third-order valence-corrected chi connectivity index (χ3v) is 6.99. The Balaban J connectivity index is 1.91. The van der Waals surface area contributed by atoms with Crippen molar-refractivity contribution in [2.24, 2.45) is 17.8 Å². The molecule has 10 heteroatoms. The van der Waals surface area contributed by atoms with Gasteiger partial charge in [-0.25, -0.2) is 4.79 Å². The number of aromatic nitrogens is 2. The summed E-state index contributed by atoms with van der Waals surface area (Å²) in [6, 6.07) is 6.15. The van der Waals surface area contributed by atoms with Gasteiger partial charge in [0.15, 0.2) is 5.69 Å². The van der Waals surface area contributed by atoms with Crippen LogP contribution in [-0.4, -0.2) is 20.0 Å². The molecule has 2 aliphatic rings. The minimum Gasteiger partial charge on any atom is -0.383 e. The molecule has 1 heterocycles. The molecule has 0 aliphatic heterocycles. The number of para-hydroxylation sites is 1. The molecule has 2 N–H and O–H groups in total. The maximum atomic E-state index is 14.0. The van der Waals surface area contributed by atoms with Crippen LogP contribution in [0.4, 0.5) is 17.2 Å². The first kappa shape index (κ1) is 24.4. The topological polar surface area (TPSA) is 133 Å². The Morgan fingerprint density at radius 1 is 1.11 bits per heavy atom. The summed E-state index contributed by atoms with van der Waals surface area (Å²) >= 11 is 0. The predicted molar refractivity (Wildman–Crippen MR) is 133 cm³/mol. The average molecular weight is 482 g/mol. The van der Waals surface area contributed by atoms with Gasteiger partial charge in [0.2, 0.25) is 5.91 Å². The number of hydrogen-bond acceptors (Lipinski definition) is 6. The highest BCUT2D eigenvalue weighted by Gasteiger charge is 2.43. The van der Waals surface area contributed by atoms with Gasteiger partial charge in [-0.05, 0) is 37.5 Å². The van der Waals surface area contributed by atoms with Crippen LogP contribution in [0, 0.1) is 27.9 Å². The first-order valence-electron chi connectivity index (χ1n) is 12.1. The Labute approximate surface area is 202 Å². The van der Waals surface area contributed by atoms with Gasteiger partial charge in [0.1, 0.15) is 5.82 Å². The van der Waals surface area contributed by atoms with Gasteiger partial charge in [0, 0.05) is 30.6 Å². The maximum Gasteiger partial charge on any atom is 0.332 e. The zero-order chi connectivity index (χ0) is 25.3. The van der Waals surface area contributed by atoms with Crippen LogP contribution in [0.25, 0.3) is 0 Å². The fraction of sp³-hybridized carbons (Fsp3) is 0.480. The van der Waals surface area contributed by atoms with Crippen molar-refractivity contribution in [2.75, 3.05) is 10.6 Å². The quantitative estimate of drug-likeness (QED) is 0.332. The molecule has 1 aromatic carbocycles. The number of nitro benzene ring substituents is 1. The Bertz CT molecular complexity index is 1290. The molecule has 2 bridgehead atoms. The lowest BCUT2D eigenvalue weighted by molar-refractivity contribution is -0.385. The zero-order valence-electron chi connectivity index (χ0n) is 20.1. The van der Waals surface area contributed by atoms with Crippen LogP contribution in [0.5, 0.6) is 0 Å². The van der Waals surface area contributed by atoms with Crippen LogP contribution >= 0.6 is 0 Å². The molecule has 0 saturated heterocycles. The van der Waals surface area contributed by atoms with Crippen molar-refractivity contribution in [3.8, 4) is 0 Å². The number of anilines is 2. The van der Waals surface area contributed by atoms with Crippen molar-refractivity contribution in [3.05, 3.63) is 72.9 Å². The highest BCUT2D eigenvalue weighted by atomic mass is 16.6. The summed E-state index contributed by atoms with van der Waals surface area (Å²) in [4.78, 5) is 53.1. The van der Waals surface area contributed by atoms with Gasteiger partial charge < -0.3 is 5.73 Å². The van der Waals surface area contributed by atoms with E-state index < -0.39 is 16.2 Å². The van der Waals surface area contributed by atoms with E-state index in [1.54, 1.807) is 18.2 Å². The number of benzene rings is 1. The summed E-state index contributed by atoms with van der Waals surface area (Å²) in [5, 5.41) is 11.7. The van der Waals surface area contributed by atoms with Gasteiger partial charge in [0.05, 0.1) is 11.5 Å². The number of carbonyl (C=O) groups is 1. The number of rotatable bonds is 9. The van der Waals surface area contributed by atoms with E-state index in [9.17, 15) is 24.5 Å². The molecular weight excluding hydrogens is 450 g/mol. The lowest BCUT2D eigenvalue weighted by atomic mass is 9.92. The molecular formula is C25H31N5O5. The lowest BCUT2D eigenvalue weighted by Crippen LogP contribution is -2.47. The number of nitrogen functional groups attached to an aromatic ring is 1. The molecule has 0 unspecified atom stereocenters. The Morgan fingerprint density at radius 2 is 1.80 bits per heavy atom. The number of nitrogens with two attached hydrogens (primary N) is 1. The van der Waals surface area contributed by atoms with E-state index in [1.165, 1.54) is 15.5 Å². The summed E-state index contributed by atoms with van der Waals surface area (Å²) in [6.45, 7) is 4.01. The molecule has 1 aromatic heterocycles. The molecule has 4 rings (SSSR count). The van der Waals surface area contributed by atoms with Crippen LogP contribution < -0.4 is 21.9 Å². The molecule has 1 fully saturated rings. The molecule has 10 nitrogen and oxygen atoms in total. The van der Waals surface area contributed by atoms with Crippen LogP contribution in [-0.2, 0) is 24.4 Å². The van der Waals surface area contributed by atoms with E-state index in [-0.39, 0.29) is 54.6 Å². The van der Waals surface area contributed by atoms with E-state index in [2.05, 4.69) is 6.08 Å². The van der Waals surface area contributed by atoms with E-state index in [1.807, 2.05) is 19.9 Å². The minimum atomic E-state index is -0.646. The molecule has 1 saturated carbocycles. The first-order chi connectivity index (χ1) is 16.8. The van der Waals surface area contributed by atoms with Crippen LogP contribution in [0.15, 0.2) is 46.0 Å². The standard InChI is InChI=1S/C25H31N5O5/c1-3-11-27-22(26)21(24(32)28(12-4-2)25(27)33)29(15-18-7-5-6-8-20(18)30(34)35)23(31)19-14-16-9-10-17(19)13-16/h5-10,16-17,19H,3-4,11-15,26H2,1-2H3/t16-,17+,19-/m0/s1. The second kappa shape index (κ2) is 9.89. The summed E-state index contributed by atoms with van der Waals surface area (Å²) in [5.74, 6) is -0.363. The second-order valence-corrected chi connectivity index (χ2v) is 9.32. The largest absolute Gasteiger partial charge is 0.383 e. The summed E-state index contributed by atoms with van der Waals surface area (Å²) in [6.07, 6.45) is 6.83. The van der Waals surface area contributed by atoms with Crippen LogP contribution in [0.3, 0.4) is 0 Å². The van der Waals surface area contributed by atoms with Crippen molar-refractivity contribution in [1.82, 2.24) is 9.13 Å². The van der Waals surface area contributed by atoms with Crippen LogP contribution in [0.2, 0.25) is 0 Å². The number of carbonyl (C=O) groups excluding carboxylic acids is 1. The van der Waals surface area contributed by atoms with E-state index in [0.29, 0.717) is 30.7 Å². The van der Waals surface area contributed by atoms with Crippen molar-refractivity contribution < 1.29 is 9.72 Å². The fourth-order valence-electron chi connectivity index (χ4n) is 5.34. The Hall–Kier alpha value is -3.69. The number of amides is 1. The molecule has 35 heavy (non-hydrogen) atoms. The molecule has 186 valence electrons. The van der Waals surface area contributed by atoms with Crippen molar-refractivity contribution in [2.45, 2.75) is 59.2 Å². The third kappa shape index (κ3) is 4.40. The number of nitro groups is 1. The highest BCUT2D eigenvalue weighted by molar-refractivity contribution is 5.97. The maximum absolute atomic E-state index is 14.0.